The topological polar surface area (TPSA) is 72.9 Å². The van der Waals surface area contributed by atoms with Crippen molar-refractivity contribution in [1.29, 1.82) is 0 Å². The Kier molecular flexibility index (Phi) is 7.11. The van der Waals surface area contributed by atoms with Gasteiger partial charge < -0.3 is 15.3 Å². The second kappa shape index (κ2) is 8.88. The van der Waals surface area contributed by atoms with Gasteiger partial charge in [-0.05, 0) is 50.1 Å². The monoisotopic (exact) mass is 353 g/mol. The molecule has 3 atom stereocenters. The number of hydrogen-bond acceptors (Lipinski definition) is 3. The van der Waals surface area contributed by atoms with E-state index in [2.05, 4.69) is 31.0 Å². The molecule has 0 saturated carbocycles. The average molecular weight is 354 g/mol. The molecule has 0 aromatic carbocycles. The highest BCUT2D eigenvalue weighted by molar-refractivity contribution is 5.76. The van der Waals surface area contributed by atoms with E-state index in [4.69, 9.17) is 0 Å². The van der Waals surface area contributed by atoms with Gasteiger partial charge in [0, 0.05) is 25.7 Å². The molecule has 2 amide bonds. The van der Waals surface area contributed by atoms with Gasteiger partial charge in [0.1, 0.15) is 0 Å². The number of carboxylic acid groups (broad SMARTS) is 1. The fourth-order valence-electron chi connectivity index (χ4n) is 4.15. The molecule has 2 N–H and O–H groups in total. The van der Waals surface area contributed by atoms with Crippen LogP contribution in [0.3, 0.4) is 0 Å². The normalized spacial score (nSPS) is 27.3. The van der Waals surface area contributed by atoms with Gasteiger partial charge in [0.15, 0.2) is 0 Å². The molecule has 0 radical (unpaired) electrons. The summed E-state index contributed by atoms with van der Waals surface area (Å²) in [5, 5.41) is 12.3. The van der Waals surface area contributed by atoms with Crippen LogP contribution in [-0.2, 0) is 4.79 Å². The van der Waals surface area contributed by atoms with Crippen molar-refractivity contribution in [2.24, 2.45) is 23.7 Å². The lowest BCUT2D eigenvalue weighted by Crippen LogP contribution is -2.54. The Morgan fingerprint density at radius 1 is 1.12 bits per heavy atom. The first-order chi connectivity index (χ1) is 11.8. The van der Waals surface area contributed by atoms with Crippen LogP contribution >= 0.6 is 0 Å². The molecule has 2 aliphatic heterocycles. The van der Waals surface area contributed by atoms with E-state index >= 15 is 0 Å². The minimum absolute atomic E-state index is 0.117. The third-order valence-corrected chi connectivity index (χ3v) is 5.82. The summed E-state index contributed by atoms with van der Waals surface area (Å²) in [7, 11) is 0. The van der Waals surface area contributed by atoms with Gasteiger partial charge in [0.25, 0.3) is 0 Å². The summed E-state index contributed by atoms with van der Waals surface area (Å²) in [5.41, 5.74) is 0. The van der Waals surface area contributed by atoms with Crippen molar-refractivity contribution >= 4 is 12.0 Å². The first-order valence-electron chi connectivity index (χ1n) is 9.77. The predicted molar refractivity (Wildman–Crippen MR) is 98.5 cm³/mol. The van der Waals surface area contributed by atoms with Crippen LogP contribution in [0.25, 0.3) is 0 Å². The van der Waals surface area contributed by atoms with E-state index in [-0.39, 0.29) is 11.9 Å². The van der Waals surface area contributed by atoms with Crippen LogP contribution in [0.5, 0.6) is 0 Å². The summed E-state index contributed by atoms with van der Waals surface area (Å²) < 4.78 is 0. The molecule has 0 aromatic heterocycles. The predicted octanol–water partition coefficient (Wildman–Crippen LogP) is 2.50. The molecule has 0 bridgehead atoms. The quantitative estimate of drug-likeness (QED) is 0.796. The lowest BCUT2D eigenvalue weighted by molar-refractivity contribution is -0.143. The number of hydrogen-bond donors (Lipinski definition) is 2. The van der Waals surface area contributed by atoms with Crippen molar-refractivity contribution in [1.82, 2.24) is 15.1 Å². The van der Waals surface area contributed by atoms with Crippen molar-refractivity contribution in [2.45, 2.75) is 53.0 Å². The van der Waals surface area contributed by atoms with Crippen LogP contribution in [0.4, 0.5) is 4.79 Å². The largest absolute Gasteiger partial charge is 0.481 e. The molecular formula is C19H35N3O3. The number of carboxylic acids is 1. The van der Waals surface area contributed by atoms with Gasteiger partial charge in [-0.1, -0.05) is 27.7 Å². The summed E-state index contributed by atoms with van der Waals surface area (Å²) in [6.45, 7) is 12.5. The summed E-state index contributed by atoms with van der Waals surface area (Å²) in [6, 6.07) is 0.225. The molecule has 2 fully saturated rings. The fraction of sp³-hybridized carbons (Fsp3) is 0.895. The van der Waals surface area contributed by atoms with Crippen molar-refractivity contribution < 1.29 is 14.7 Å². The molecule has 0 spiro atoms. The van der Waals surface area contributed by atoms with Gasteiger partial charge in [-0.25, -0.2) is 4.79 Å². The number of carbonyl (C=O) groups is 2. The Labute approximate surface area is 151 Å². The summed E-state index contributed by atoms with van der Waals surface area (Å²) in [6.07, 6.45) is 3.10. The molecular weight excluding hydrogens is 318 g/mol. The van der Waals surface area contributed by atoms with Gasteiger partial charge >= 0.3 is 12.0 Å². The Hall–Kier alpha value is -1.30. The number of nitrogens with zero attached hydrogens (tertiary/aromatic N) is 2. The molecule has 0 aliphatic carbocycles. The summed E-state index contributed by atoms with van der Waals surface area (Å²) >= 11 is 0. The van der Waals surface area contributed by atoms with Crippen molar-refractivity contribution in [3.8, 4) is 0 Å². The van der Waals surface area contributed by atoms with E-state index in [1.807, 2.05) is 6.92 Å². The van der Waals surface area contributed by atoms with E-state index < -0.39 is 11.9 Å². The van der Waals surface area contributed by atoms with Gasteiger partial charge in [0.05, 0.1) is 5.92 Å². The molecule has 3 unspecified atom stereocenters. The van der Waals surface area contributed by atoms with E-state index in [0.717, 1.165) is 19.0 Å². The number of aliphatic carboxylic acids is 1. The maximum Gasteiger partial charge on any atom is 0.317 e. The Bertz CT molecular complexity index is 461. The minimum atomic E-state index is -0.799. The van der Waals surface area contributed by atoms with Gasteiger partial charge in [-0.2, -0.15) is 0 Å². The molecule has 2 rings (SSSR count). The number of amides is 2. The molecule has 2 heterocycles. The van der Waals surface area contributed by atoms with Crippen molar-refractivity contribution in [3.63, 3.8) is 0 Å². The number of carbonyl (C=O) groups excluding carboxylic acids is 1. The van der Waals surface area contributed by atoms with Crippen LogP contribution < -0.4 is 5.32 Å². The summed E-state index contributed by atoms with van der Waals surface area (Å²) in [4.78, 5) is 28.1. The zero-order valence-electron chi connectivity index (χ0n) is 16.2. The second-order valence-corrected chi connectivity index (χ2v) is 8.50. The molecule has 0 aromatic rings. The van der Waals surface area contributed by atoms with Crippen LogP contribution in [0, 0.1) is 23.7 Å². The van der Waals surface area contributed by atoms with E-state index in [0.29, 0.717) is 38.0 Å². The summed E-state index contributed by atoms with van der Waals surface area (Å²) in [5.74, 6) is 0.248. The highest BCUT2D eigenvalue weighted by atomic mass is 16.4. The Balaban J connectivity index is 1.88. The van der Waals surface area contributed by atoms with Crippen LogP contribution in [-0.4, -0.2) is 65.7 Å². The third kappa shape index (κ3) is 5.59. The average Bonchev–Trinajstić information content (AvgIpc) is 2.55. The smallest absolute Gasteiger partial charge is 0.317 e. The van der Waals surface area contributed by atoms with Gasteiger partial charge in [-0.15, -0.1) is 0 Å². The van der Waals surface area contributed by atoms with Gasteiger partial charge in [-0.3, -0.25) is 9.69 Å². The third-order valence-electron chi connectivity index (χ3n) is 5.82. The van der Waals surface area contributed by atoms with Crippen LogP contribution in [0.15, 0.2) is 0 Å². The first-order valence-corrected chi connectivity index (χ1v) is 9.77. The fourth-order valence-corrected chi connectivity index (χ4v) is 4.15. The van der Waals surface area contributed by atoms with Crippen LogP contribution in [0.2, 0.25) is 0 Å². The zero-order chi connectivity index (χ0) is 18.6. The highest BCUT2D eigenvalue weighted by Gasteiger charge is 2.32. The Morgan fingerprint density at radius 3 is 2.32 bits per heavy atom. The molecule has 6 nitrogen and oxygen atoms in total. The maximum absolute atomic E-state index is 12.6. The van der Waals surface area contributed by atoms with E-state index in [1.54, 1.807) is 4.90 Å². The van der Waals surface area contributed by atoms with Gasteiger partial charge in [0.2, 0.25) is 0 Å². The maximum atomic E-state index is 12.6. The zero-order valence-corrected chi connectivity index (χ0v) is 16.2. The molecule has 2 saturated heterocycles. The number of likely N-dealkylation sites (tertiary alicyclic amines) is 2. The van der Waals surface area contributed by atoms with Crippen LogP contribution in [0.1, 0.15) is 47.0 Å². The number of rotatable bonds is 5. The number of piperidine rings is 2. The van der Waals surface area contributed by atoms with Crippen molar-refractivity contribution in [3.05, 3.63) is 0 Å². The Morgan fingerprint density at radius 2 is 1.76 bits per heavy atom. The highest BCUT2D eigenvalue weighted by Crippen LogP contribution is 2.23. The SMILES string of the molecule is CC1CCN(C(CNC(=O)N2CC(C)CC(C(=O)O)C2)C(C)C)CC1. The molecule has 144 valence electrons. The number of nitrogens with one attached hydrogen (secondary N) is 1. The lowest BCUT2D eigenvalue weighted by Gasteiger charge is -2.40. The standard InChI is InChI=1S/C19H35N3O3/c1-13(2)17(21-7-5-14(3)6-8-21)10-20-19(25)22-11-15(4)9-16(12-22)18(23)24/h13-17H,5-12H2,1-4H3,(H,20,25)(H,23,24). The van der Waals surface area contributed by atoms with E-state index in [1.165, 1.54) is 12.8 Å². The van der Waals surface area contributed by atoms with E-state index in [9.17, 15) is 14.7 Å². The molecule has 6 heteroatoms. The minimum Gasteiger partial charge on any atom is -0.481 e. The number of urea groups is 1. The molecule has 25 heavy (non-hydrogen) atoms. The van der Waals surface area contributed by atoms with Crippen molar-refractivity contribution in [2.75, 3.05) is 32.7 Å². The lowest BCUT2D eigenvalue weighted by atomic mass is 9.91. The second-order valence-electron chi connectivity index (χ2n) is 8.50. The first kappa shape index (κ1) is 20.0. The molecule has 2 aliphatic rings.